The van der Waals surface area contributed by atoms with Crippen molar-refractivity contribution < 1.29 is 9.50 Å². The third-order valence-corrected chi connectivity index (χ3v) is 3.84. The molecule has 0 saturated heterocycles. The molecule has 0 amide bonds. The molecular weight excluding hydrogens is 323 g/mol. The standard InChI is InChI=1S/C15H12BrFN2O/c16-12-7-10(4-5-13(12)17)8-15(20)11-9-18-19-6-2-1-3-14(11)19/h1-7,9,15,20H,8H2. The normalized spacial score (nSPS) is 12.8. The molecule has 1 atom stereocenters. The van der Waals surface area contributed by atoms with E-state index >= 15 is 0 Å². The Morgan fingerprint density at radius 1 is 1.30 bits per heavy atom. The number of hydrogen-bond acceptors (Lipinski definition) is 2. The fourth-order valence-electron chi connectivity index (χ4n) is 2.21. The molecule has 1 N–H and O–H groups in total. The number of pyridine rings is 1. The minimum absolute atomic E-state index is 0.306. The predicted molar refractivity (Wildman–Crippen MR) is 78.0 cm³/mol. The Kier molecular flexibility index (Phi) is 3.54. The first-order valence-corrected chi connectivity index (χ1v) is 6.99. The Labute approximate surface area is 123 Å². The number of fused-ring (bicyclic) bond motifs is 1. The quantitative estimate of drug-likeness (QED) is 0.795. The van der Waals surface area contributed by atoms with E-state index in [2.05, 4.69) is 21.0 Å². The van der Waals surface area contributed by atoms with Gasteiger partial charge in [-0.1, -0.05) is 12.1 Å². The van der Waals surface area contributed by atoms with Crippen molar-refractivity contribution in [2.45, 2.75) is 12.5 Å². The van der Waals surface area contributed by atoms with Crippen LogP contribution < -0.4 is 0 Å². The van der Waals surface area contributed by atoms with E-state index in [-0.39, 0.29) is 5.82 Å². The Hall–Kier alpha value is -1.72. The summed E-state index contributed by atoms with van der Waals surface area (Å²) in [5, 5.41) is 14.6. The second-order valence-electron chi connectivity index (χ2n) is 4.60. The van der Waals surface area contributed by atoms with E-state index in [1.54, 1.807) is 22.8 Å². The molecule has 0 radical (unpaired) electrons. The van der Waals surface area contributed by atoms with Gasteiger partial charge >= 0.3 is 0 Å². The summed E-state index contributed by atoms with van der Waals surface area (Å²) in [6.07, 6.45) is 3.24. The fourth-order valence-corrected chi connectivity index (χ4v) is 2.64. The minimum Gasteiger partial charge on any atom is -0.388 e. The van der Waals surface area contributed by atoms with Crippen LogP contribution in [0.5, 0.6) is 0 Å². The Morgan fingerprint density at radius 2 is 2.15 bits per heavy atom. The van der Waals surface area contributed by atoms with Crippen molar-refractivity contribution in [3.8, 4) is 0 Å². The summed E-state index contributed by atoms with van der Waals surface area (Å²) >= 11 is 3.15. The van der Waals surface area contributed by atoms with Gasteiger partial charge in [-0.05, 0) is 45.8 Å². The van der Waals surface area contributed by atoms with Gasteiger partial charge in [0.15, 0.2) is 0 Å². The van der Waals surface area contributed by atoms with E-state index in [0.717, 1.165) is 16.6 Å². The van der Waals surface area contributed by atoms with Crippen LogP contribution in [0.4, 0.5) is 4.39 Å². The van der Waals surface area contributed by atoms with Crippen molar-refractivity contribution in [1.29, 1.82) is 0 Å². The highest BCUT2D eigenvalue weighted by atomic mass is 79.9. The van der Waals surface area contributed by atoms with Gasteiger partial charge in [0.1, 0.15) is 5.82 Å². The third-order valence-electron chi connectivity index (χ3n) is 3.23. The van der Waals surface area contributed by atoms with E-state index < -0.39 is 6.10 Å². The summed E-state index contributed by atoms with van der Waals surface area (Å²) in [7, 11) is 0. The second-order valence-corrected chi connectivity index (χ2v) is 5.45. The number of nitrogens with zero attached hydrogens (tertiary/aromatic N) is 2. The Balaban J connectivity index is 1.89. The highest BCUT2D eigenvalue weighted by Gasteiger charge is 2.14. The zero-order valence-corrected chi connectivity index (χ0v) is 12.1. The van der Waals surface area contributed by atoms with E-state index in [4.69, 9.17) is 0 Å². The maximum absolute atomic E-state index is 13.2. The lowest BCUT2D eigenvalue weighted by molar-refractivity contribution is 0.180. The summed E-state index contributed by atoms with van der Waals surface area (Å²) in [5.74, 6) is -0.306. The molecule has 0 aliphatic carbocycles. The van der Waals surface area contributed by atoms with Crippen molar-refractivity contribution in [2.24, 2.45) is 0 Å². The van der Waals surface area contributed by atoms with Crippen molar-refractivity contribution in [3.05, 3.63) is 70.2 Å². The van der Waals surface area contributed by atoms with Crippen LogP contribution in [0.3, 0.4) is 0 Å². The molecule has 0 fully saturated rings. The Morgan fingerprint density at radius 3 is 2.95 bits per heavy atom. The molecule has 1 unspecified atom stereocenters. The number of aliphatic hydroxyl groups excluding tert-OH is 1. The van der Waals surface area contributed by atoms with E-state index in [1.165, 1.54) is 6.07 Å². The maximum atomic E-state index is 13.2. The van der Waals surface area contributed by atoms with Crippen LogP contribution in [0.15, 0.2) is 53.3 Å². The molecule has 5 heteroatoms. The molecule has 0 aliphatic heterocycles. The zero-order chi connectivity index (χ0) is 14.1. The van der Waals surface area contributed by atoms with Gasteiger partial charge in [0.05, 0.1) is 22.3 Å². The van der Waals surface area contributed by atoms with Gasteiger partial charge < -0.3 is 5.11 Å². The number of hydrogen-bond donors (Lipinski definition) is 1. The number of rotatable bonds is 3. The average molecular weight is 335 g/mol. The van der Waals surface area contributed by atoms with Crippen LogP contribution in [0.2, 0.25) is 0 Å². The van der Waals surface area contributed by atoms with Crippen LogP contribution in [-0.4, -0.2) is 14.7 Å². The van der Waals surface area contributed by atoms with Crippen molar-refractivity contribution in [2.75, 3.05) is 0 Å². The monoisotopic (exact) mass is 334 g/mol. The summed E-state index contributed by atoms with van der Waals surface area (Å²) < 4.78 is 15.3. The minimum atomic E-state index is -0.674. The lowest BCUT2D eigenvalue weighted by atomic mass is 10.0. The van der Waals surface area contributed by atoms with Crippen molar-refractivity contribution in [3.63, 3.8) is 0 Å². The lowest BCUT2D eigenvalue weighted by Gasteiger charge is -2.10. The molecule has 3 nitrogen and oxygen atoms in total. The second kappa shape index (κ2) is 5.34. The van der Waals surface area contributed by atoms with Gasteiger partial charge in [0.25, 0.3) is 0 Å². The lowest BCUT2D eigenvalue weighted by Crippen LogP contribution is -2.02. The molecule has 2 heterocycles. The van der Waals surface area contributed by atoms with Gasteiger partial charge in [-0.25, -0.2) is 8.91 Å². The molecule has 102 valence electrons. The van der Waals surface area contributed by atoms with Crippen LogP contribution in [0.25, 0.3) is 5.52 Å². The van der Waals surface area contributed by atoms with E-state index in [1.807, 2.05) is 24.4 Å². The first-order chi connectivity index (χ1) is 9.65. The summed E-state index contributed by atoms with van der Waals surface area (Å²) in [4.78, 5) is 0. The molecule has 0 aliphatic rings. The molecule has 2 aromatic heterocycles. The van der Waals surface area contributed by atoms with Gasteiger partial charge in [0, 0.05) is 18.2 Å². The number of aromatic nitrogens is 2. The summed E-state index contributed by atoms with van der Waals surface area (Å²) in [5.41, 5.74) is 2.51. The van der Waals surface area contributed by atoms with E-state index in [0.29, 0.717) is 10.9 Å². The SMILES string of the molecule is OC(Cc1ccc(F)c(Br)c1)c1cnn2ccccc12. The van der Waals surface area contributed by atoms with Crippen molar-refractivity contribution in [1.82, 2.24) is 9.61 Å². The smallest absolute Gasteiger partial charge is 0.137 e. The van der Waals surface area contributed by atoms with Gasteiger partial charge in [-0.15, -0.1) is 0 Å². The molecule has 0 bridgehead atoms. The summed E-state index contributed by atoms with van der Waals surface area (Å²) in [6, 6.07) is 10.4. The molecule has 20 heavy (non-hydrogen) atoms. The molecule has 1 aromatic carbocycles. The highest BCUT2D eigenvalue weighted by molar-refractivity contribution is 9.10. The van der Waals surface area contributed by atoms with Gasteiger partial charge in [-0.3, -0.25) is 0 Å². The molecule has 3 rings (SSSR count). The predicted octanol–water partition coefficient (Wildman–Crippen LogP) is 3.51. The molecule has 3 aromatic rings. The summed E-state index contributed by atoms with van der Waals surface area (Å²) in [6.45, 7) is 0. The van der Waals surface area contributed by atoms with Crippen molar-refractivity contribution >= 4 is 21.4 Å². The van der Waals surface area contributed by atoms with Crippen LogP contribution in [0, 0.1) is 5.82 Å². The average Bonchev–Trinajstić information content (AvgIpc) is 2.87. The molecular formula is C15H12BrFN2O. The number of aliphatic hydroxyl groups is 1. The van der Waals surface area contributed by atoms with Crippen LogP contribution in [-0.2, 0) is 6.42 Å². The van der Waals surface area contributed by atoms with Gasteiger partial charge in [-0.2, -0.15) is 5.10 Å². The highest BCUT2D eigenvalue weighted by Crippen LogP contribution is 2.24. The van der Waals surface area contributed by atoms with Gasteiger partial charge in [0.2, 0.25) is 0 Å². The number of benzene rings is 1. The topological polar surface area (TPSA) is 37.5 Å². The zero-order valence-electron chi connectivity index (χ0n) is 10.5. The first-order valence-electron chi connectivity index (χ1n) is 6.19. The fraction of sp³-hybridized carbons (Fsp3) is 0.133. The first kappa shape index (κ1) is 13.3. The van der Waals surface area contributed by atoms with Crippen LogP contribution >= 0.6 is 15.9 Å². The molecule has 0 spiro atoms. The third kappa shape index (κ3) is 2.46. The largest absolute Gasteiger partial charge is 0.388 e. The van der Waals surface area contributed by atoms with Crippen LogP contribution in [0.1, 0.15) is 17.2 Å². The molecule has 0 saturated carbocycles. The maximum Gasteiger partial charge on any atom is 0.137 e. The number of halogens is 2. The van der Waals surface area contributed by atoms with E-state index in [9.17, 15) is 9.50 Å². The Bertz CT molecular complexity index is 756.